The molecule has 0 aliphatic carbocycles. The molecule has 2 N–H and O–H groups in total. The number of rotatable bonds is 3. The van der Waals surface area contributed by atoms with Crippen LogP contribution in [0.15, 0.2) is 24.3 Å². The predicted molar refractivity (Wildman–Crippen MR) is 94.6 cm³/mol. The van der Waals surface area contributed by atoms with E-state index in [1.54, 1.807) is 29.2 Å². The number of carbonyl (C=O) groups is 2. The summed E-state index contributed by atoms with van der Waals surface area (Å²) < 4.78 is 0. The van der Waals surface area contributed by atoms with Crippen LogP contribution in [0, 0.1) is 5.92 Å². The molecule has 1 aliphatic rings. The Morgan fingerprint density at radius 2 is 1.70 bits per heavy atom. The van der Waals surface area contributed by atoms with E-state index >= 15 is 0 Å². The van der Waals surface area contributed by atoms with Gasteiger partial charge in [0.05, 0.1) is 0 Å². The van der Waals surface area contributed by atoms with Crippen molar-refractivity contribution < 1.29 is 9.59 Å². The van der Waals surface area contributed by atoms with Crippen molar-refractivity contribution >= 4 is 29.9 Å². The number of piperidine rings is 1. The first-order chi connectivity index (χ1) is 10.4. The summed E-state index contributed by atoms with van der Waals surface area (Å²) in [5.41, 5.74) is 6.94. The summed E-state index contributed by atoms with van der Waals surface area (Å²) in [7, 11) is 1.85. The summed E-state index contributed by atoms with van der Waals surface area (Å²) in [6.07, 6.45) is 1.47. The molecular formula is C17H26ClN3O2. The van der Waals surface area contributed by atoms with Gasteiger partial charge in [0.25, 0.3) is 5.91 Å². The summed E-state index contributed by atoms with van der Waals surface area (Å²) in [5.74, 6) is 0.237. The van der Waals surface area contributed by atoms with Crippen LogP contribution in [-0.2, 0) is 4.79 Å². The third-order valence-electron chi connectivity index (χ3n) is 4.41. The molecule has 5 nitrogen and oxygen atoms in total. The van der Waals surface area contributed by atoms with E-state index in [1.807, 2.05) is 25.8 Å². The van der Waals surface area contributed by atoms with Crippen molar-refractivity contribution in [1.82, 2.24) is 9.80 Å². The number of halogens is 1. The largest absolute Gasteiger partial charge is 0.399 e. The number of nitrogens with two attached hydrogens (primary N) is 1. The van der Waals surface area contributed by atoms with Crippen molar-refractivity contribution in [1.29, 1.82) is 0 Å². The highest BCUT2D eigenvalue weighted by Crippen LogP contribution is 2.21. The smallest absolute Gasteiger partial charge is 0.253 e. The van der Waals surface area contributed by atoms with Crippen LogP contribution in [0.1, 0.15) is 37.0 Å². The predicted octanol–water partition coefficient (Wildman–Crippen LogP) is 2.41. The quantitative estimate of drug-likeness (QED) is 0.860. The van der Waals surface area contributed by atoms with Crippen molar-refractivity contribution in [2.24, 2.45) is 5.92 Å². The number of hydrogen-bond acceptors (Lipinski definition) is 3. The van der Waals surface area contributed by atoms with Gasteiger partial charge in [0.1, 0.15) is 0 Å². The lowest BCUT2D eigenvalue weighted by Gasteiger charge is -2.34. The van der Waals surface area contributed by atoms with Crippen molar-refractivity contribution in [2.45, 2.75) is 32.7 Å². The number of nitrogens with zero attached hydrogens (tertiary/aromatic N) is 2. The maximum Gasteiger partial charge on any atom is 0.253 e. The molecule has 1 aromatic rings. The van der Waals surface area contributed by atoms with Crippen LogP contribution in [0.4, 0.5) is 5.69 Å². The Hall–Kier alpha value is -1.75. The average molecular weight is 340 g/mol. The molecule has 1 aromatic carbocycles. The van der Waals surface area contributed by atoms with Crippen LogP contribution in [0.3, 0.4) is 0 Å². The Balaban J connectivity index is 0.00000264. The molecule has 1 aliphatic heterocycles. The van der Waals surface area contributed by atoms with E-state index in [9.17, 15) is 9.59 Å². The molecule has 0 saturated carbocycles. The van der Waals surface area contributed by atoms with Crippen LogP contribution >= 0.6 is 12.4 Å². The van der Waals surface area contributed by atoms with Gasteiger partial charge >= 0.3 is 0 Å². The fourth-order valence-electron chi connectivity index (χ4n) is 2.68. The molecule has 128 valence electrons. The highest BCUT2D eigenvalue weighted by atomic mass is 35.5. The van der Waals surface area contributed by atoms with Gasteiger partial charge < -0.3 is 15.5 Å². The van der Waals surface area contributed by atoms with E-state index in [-0.39, 0.29) is 36.2 Å². The first-order valence-electron chi connectivity index (χ1n) is 7.81. The Kier molecular flexibility index (Phi) is 6.88. The number of likely N-dealkylation sites (tertiary alicyclic amines) is 1. The topological polar surface area (TPSA) is 66.6 Å². The minimum absolute atomic E-state index is 0. The second kappa shape index (κ2) is 8.20. The molecule has 0 bridgehead atoms. The van der Waals surface area contributed by atoms with Gasteiger partial charge in [0.15, 0.2) is 0 Å². The number of hydrogen-bond donors (Lipinski definition) is 1. The van der Waals surface area contributed by atoms with Crippen LogP contribution in [0.5, 0.6) is 0 Å². The van der Waals surface area contributed by atoms with Gasteiger partial charge in [-0.3, -0.25) is 9.59 Å². The molecule has 1 heterocycles. The van der Waals surface area contributed by atoms with Gasteiger partial charge in [-0.1, -0.05) is 0 Å². The number of nitrogen functional groups attached to an aromatic ring is 1. The number of benzene rings is 1. The van der Waals surface area contributed by atoms with Gasteiger partial charge in [-0.05, 0) is 51.0 Å². The summed E-state index contributed by atoms with van der Waals surface area (Å²) in [6.45, 7) is 5.28. The van der Waals surface area contributed by atoms with Crippen molar-refractivity contribution in [3.05, 3.63) is 29.8 Å². The molecule has 6 heteroatoms. The second-order valence-corrected chi connectivity index (χ2v) is 6.23. The van der Waals surface area contributed by atoms with Crippen molar-refractivity contribution in [3.63, 3.8) is 0 Å². The highest BCUT2D eigenvalue weighted by molar-refractivity contribution is 5.94. The van der Waals surface area contributed by atoms with Gasteiger partial charge in [0.2, 0.25) is 5.91 Å². The maximum absolute atomic E-state index is 12.4. The van der Waals surface area contributed by atoms with Gasteiger partial charge in [-0.15, -0.1) is 12.4 Å². The minimum Gasteiger partial charge on any atom is -0.399 e. The van der Waals surface area contributed by atoms with E-state index in [4.69, 9.17) is 5.73 Å². The number of carbonyl (C=O) groups excluding carboxylic acids is 2. The molecule has 2 rings (SSSR count). The lowest BCUT2D eigenvalue weighted by molar-refractivity contribution is -0.137. The van der Waals surface area contributed by atoms with E-state index in [0.717, 1.165) is 12.8 Å². The molecule has 0 radical (unpaired) electrons. The van der Waals surface area contributed by atoms with Crippen molar-refractivity contribution in [2.75, 3.05) is 25.9 Å². The zero-order chi connectivity index (χ0) is 16.3. The lowest BCUT2D eigenvalue weighted by Crippen LogP contribution is -2.45. The normalized spacial score (nSPS) is 15.2. The second-order valence-electron chi connectivity index (χ2n) is 6.23. The highest BCUT2D eigenvalue weighted by Gasteiger charge is 2.30. The number of amides is 2. The maximum atomic E-state index is 12.4. The Bertz CT molecular complexity index is 537. The number of anilines is 1. The summed E-state index contributed by atoms with van der Waals surface area (Å²) in [6, 6.07) is 7.19. The minimum atomic E-state index is 0. The summed E-state index contributed by atoms with van der Waals surface area (Å²) in [4.78, 5) is 28.4. The fourth-order valence-corrected chi connectivity index (χ4v) is 2.68. The molecule has 23 heavy (non-hydrogen) atoms. The molecule has 1 saturated heterocycles. The Morgan fingerprint density at radius 1 is 1.17 bits per heavy atom. The molecule has 0 unspecified atom stereocenters. The molecule has 2 amide bonds. The lowest BCUT2D eigenvalue weighted by atomic mass is 9.94. The molecule has 0 spiro atoms. The Labute approximate surface area is 144 Å². The van der Waals surface area contributed by atoms with Gasteiger partial charge in [-0.25, -0.2) is 0 Å². The van der Waals surface area contributed by atoms with Gasteiger partial charge in [-0.2, -0.15) is 0 Å². The van der Waals surface area contributed by atoms with Gasteiger partial charge in [0, 0.05) is 43.3 Å². The molecular weight excluding hydrogens is 314 g/mol. The van der Waals surface area contributed by atoms with Crippen LogP contribution in [0.25, 0.3) is 0 Å². The third-order valence-corrected chi connectivity index (χ3v) is 4.41. The summed E-state index contributed by atoms with van der Waals surface area (Å²) >= 11 is 0. The van der Waals surface area contributed by atoms with E-state index in [2.05, 4.69) is 0 Å². The van der Waals surface area contributed by atoms with Crippen LogP contribution in [0.2, 0.25) is 0 Å². The summed E-state index contributed by atoms with van der Waals surface area (Å²) in [5, 5.41) is 0. The molecule has 1 fully saturated rings. The zero-order valence-electron chi connectivity index (χ0n) is 14.0. The first-order valence-corrected chi connectivity index (χ1v) is 7.81. The monoisotopic (exact) mass is 339 g/mol. The Morgan fingerprint density at radius 3 is 2.17 bits per heavy atom. The van der Waals surface area contributed by atoms with Crippen molar-refractivity contribution in [3.8, 4) is 0 Å². The third kappa shape index (κ3) is 4.61. The fraction of sp³-hybridized carbons (Fsp3) is 0.529. The standard InChI is InChI=1S/C17H25N3O2.ClH/c1-12(2)19(3)16(21)14-8-10-20(11-9-14)17(22)13-4-6-15(18)7-5-13;/h4-7,12,14H,8-11,18H2,1-3H3;1H. The first kappa shape index (κ1) is 19.3. The zero-order valence-corrected chi connectivity index (χ0v) is 14.8. The van der Waals surface area contributed by atoms with Crippen LogP contribution in [-0.4, -0.2) is 47.8 Å². The SMILES string of the molecule is CC(C)N(C)C(=O)C1CCN(C(=O)c2ccc(N)cc2)CC1.Cl. The van der Waals surface area contributed by atoms with Crippen LogP contribution < -0.4 is 5.73 Å². The van der Waals surface area contributed by atoms with E-state index < -0.39 is 0 Å². The van der Waals surface area contributed by atoms with E-state index in [0.29, 0.717) is 24.3 Å². The van der Waals surface area contributed by atoms with E-state index in [1.165, 1.54) is 0 Å². The average Bonchev–Trinajstić information content (AvgIpc) is 2.53. The molecule has 0 atom stereocenters. The molecule has 0 aromatic heterocycles.